The minimum absolute atomic E-state index is 0.0414. The molecule has 0 aromatic heterocycles. The molecule has 1 saturated carbocycles. The van der Waals surface area contributed by atoms with E-state index in [4.69, 9.17) is 4.74 Å². The summed E-state index contributed by atoms with van der Waals surface area (Å²) in [6, 6.07) is 10.5. The Kier molecular flexibility index (Phi) is 4.18. The molecule has 0 spiro atoms. The molecule has 0 saturated heterocycles. The first-order valence-electron chi connectivity index (χ1n) is 6.52. The van der Waals surface area contributed by atoms with Gasteiger partial charge in [0.1, 0.15) is 0 Å². The molecule has 0 N–H and O–H groups in total. The van der Waals surface area contributed by atoms with Gasteiger partial charge in [0, 0.05) is 6.42 Å². The zero-order valence-electron chi connectivity index (χ0n) is 10.4. The number of ether oxygens (including phenoxy) is 1. The molecule has 92 valence electrons. The second-order valence-electron chi connectivity index (χ2n) is 4.72. The fraction of sp³-hybridized carbons (Fsp3) is 0.533. The molecule has 17 heavy (non-hydrogen) atoms. The normalized spacial score (nSPS) is 23.6. The lowest BCUT2D eigenvalue weighted by Crippen LogP contribution is -2.14. The van der Waals surface area contributed by atoms with Crippen molar-refractivity contribution in [3.8, 4) is 0 Å². The van der Waals surface area contributed by atoms with Crippen molar-refractivity contribution in [2.24, 2.45) is 5.92 Å². The van der Waals surface area contributed by atoms with Crippen LogP contribution in [0.3, 0.4) is 0 Å². The number of carbonyl (C=O) groups is 1. The summed E-state index contributed by atoms with van der Waals surface area (Å²) in [6.07, 6.45) is 4.16. The topological polar surface area (TPSA) is 26.3 Å². The molecular formula is C15H20O2. The highest BCUT2D eigenvalue weighted by atomic mass is 16.5. The molecule has 2 heteroatoms. The van der Waals surface area contributed by atoms with Gasteiger partial charge in [0.2, 0.25) is 0 Å². The number of benzene rings is 1. The van der Waals surface area contributed by atoms with Crippen molar-refractivity contribution >= 4 is 5.97 Å². The quantitative estimate of drug-likeness (QED) is 0.742. The van der Waals surface area contributed by atoms with Crippen LogP contribution in [0.5, 0.6) is 0 Å². The molecule has 1 fully saturated rings. The monoisotopic (exact) mass is 232 g/mol. The Hall–Kier alpha value is -1.31. The molecule has 0 amide bonds. The second kappa shape index (κ2) is 5.85. The Balaban J connectivity index is 2.00. The van der Waals surface area contributed by atoms with Gasteiger partial charge < -0.3 is 4.74 Å². The highest BCUT2D eigenvalue weighted by Gasteiger charge is 2.30. The van der Waals surface area contributed by atoms with E-state index in [0.717, 1.165) is 6.42 Å². The number of rotatable bonds is 4. The zero-order valence-corrected chi connectivity index (χ0v) is 10.4. The Morgan fingerprint density at radius 1 is 1.29 bits per heavy atom. The van der Waals surface area contributed by atoms with Crippen molar-refractivity contribution in [2.75, 3.05) is 6.61 Å². The van der Waals surface area contributed by atoms with Crippen LogP contribution in [0, 0.1) is 5.92 Å². The molecule has 2 atom stereocenters. The van der Waals surface area contributed by atoms with Crippen LogP contribution in [0.2, 0.25) is 0 Å². The van der Waals surface area contributed by atoms with Gasteiger partial charge in [-0.1, -0.05) is 36.8 Å². The van der Waals surface area contributed by atoms with Gasteiger partial charge in [-0.25, -0.2) is 0 Å². The molecular weight excluding hydrogens is 212 g/mol. The summed E-state index contributed by atoms with van der Waals surface area (Å²) in [4.78, 5) is 11.6. The summed E-state index contributed by atoms with van der Waals surface area (Å²) in [5.41, 5.74) is 1.37. The molecule has 1 aromatic carbocycles. The third-order valence-electron chi connectivity index (χ3n) is 3.62. The first kappa shape index (κ1) is 12.2. The first-order valence-corrected chi connectivity index (χ1v) is 6.52. The molecule has 0 unspecified atom stereocenters. The van der Waals surface area contributed by atoms with Crippen molar-refractivity contribution in [2.45, 2.75) is 38.5 Å². The lowest BCUT2D eigenvalue weighted by molar-refractivity contribution is -0.144. The molecule has 2 nitrogen and oxygen atoms in total. The molecule has 1 aliphatic rings. The van der Waals surface area contributed by atoms with Crippen LogP contribution >= 0.6 is 0 Å². The fourth-order valence-corrected chi connectivity index (χ4v) is 2.85. The van der Waals surface area contributed by atoms with Gasteiger partial charge in [-0.15, -0.1) is 0 Å². The second-order valence-corrected chi connectivity index (χ2v) is 4.72. The largest absolute Gasteiger partial charge is 0.466 e. The molecule has 1 aromatic rings. The van der Waals surface area contributed by atoms with Gasteiger partial charge in [-0.3, -0.25) is 4.79 Å². The molecule has 1 aliphatic carbocycles. The van der Waals surface area contributed by atoms with Crippen molar-refractivity contribution in [1.29, 1.82) is 0 Å². The SMILES string of the molecule is CCOC(=O)C[C@H]1CCC[C@H]1c1ccccc1. The molecule has 0 bridgehead atoms. The van der Waals surface area contributed by atoms with E-state index < -0.39 is 0 Å². The smallest absolute Gasteiger partial charge is 0.306 e. The van der Waals surface area contributed by atoms with Crippen molar-refractivity contribution in [3.63, 3.8) is 0 Å². The van der Waals surface area contributed by atoms with Gasteiger partial charge in [-0.05, 0) is 37.2 Å². The first-order chi connectivity index (χ1) is 8.31. The van der Waals surface area contributed by atoms with E-state index >= 15 is 0 Å². The average Bonchev–Trinajstić information content (AvgIpc) is 2.78. The zero-order chi connectivity index (χ0) is 12.1. The Bertz CT molecular complexity index is 358. The Morgan fingerprint density at radius 2 is 2.06 bits per heavy atom. The molecule has 2 rings (SSSR count). The summed E-state index contributed by atoms with van der Waals surface area (Å²) >= 11 is 0. The standard InChI is InChI=1S/C15H20O2/c1-2-17-15(16)11-13-9-6-10-14(13)12-7-4-3-5-8-12/h3-5,7-8,13-14H,2,6,9-11H2,1H3/t13-,14+/m1/s1. The minimum atomic E-state index is -0.0414. The highest BCUT2D eigenvalue weighted by Crippen LogP contribution is 2.41. The average molecular weight is 232 g/mol. The number of esters is 1. The predicted octanol–water partition coefficient (Wildman–Crippen LogP) is 3.52. The lowest BCUT2D eigenvalue weighted by Gasteiger charge is -2.19. The summed E-state index contributed by atoms with van der Waals surface area (Å²) in [7, 11) is 0. The molecule has 0 aliphatic heterocycles. The van der Waals surface area contributed by atoms with Crippen molar-refractivity contribution in [1.82, 2.24) is 0 Å². The van der Waals surface area contributed by atoms with Crippen molar-refractivity contribution in [3.05, 3.63) is 35.9 Å². The number of hydrogen-bond donors (Lipinski definition) is 0. The third kappa shape index (κ3) is 3.09. The van der Waals surface area contributed by atoms with Crippen LogP contribution in [-0.4, -0.2) is 12.6 Å². The van der Waals surface area contributed by atoms with Gasteiger partial charge in [0.05, 0.1) is 6.61 Å². The van der Waals surface area contributed by atoms with E-state index in [1.165, 1.54) is 18.4 Å². The van der Waals surface area contributed by atoms with Gasteiger partial charge in [0.25, 0.3) is 0 Å². The maximum atomic E-state index is 11.6. The van der Waals surface area contributed by atoms with Crippen molar-refractivity contribution < 1.29 is 9.53 Å². The Labute approximate surface area is 103 Å². The fourth-order valence-electron chi connectivity index (χ4n) is 2.85. The van der Waals surface area contributed by atoms with Crippen LogP contribution in [0.25, 0.3) is 0 Å². The van der Waals surface area contributed by atoms with E-state index in [0.29, 0.717) is 24.9 Å². The maximum Gasteiger partial charge on any atom is 0.306 e. The molecule has 0 heterocycles. The third-order valence-corrected chi connectivity index (χ3v) is 3.62. The Morgan fingerprint density at radius 3 is 2.76 bits per heavy atom. The van der Waals surface area contributed by atoms with Gasteiger partial charge in [-0.2, -0.15) is 0 Å². The summed E-state index contributed by atoms with van der Waals surface area (Å²) in [5.74, 6) is 0.970. The summed E-state index contributed by atoms with van der Waals surface area (Å²) < 4.78 is 5.05. The van der Waals surface area contributed by atoms with Gasteiger partial charge in [0.15, 0.2) is 0 Å². The highest BCUT2D eigenvalue weighted by molar-refractivity contribution is 5.69. The predicted molar refractivity (Wildman–Crippen MR) is 67.8 cm³/mol. The van der Waals surface area contributed by atoms with Crippen LogP contribution in [0.1, 0.15) is 44.1 Å². The van der Waals surface area contributed by atoms with E-state index in [-0.39, 0.29) is 5.97 Å². The number of carbonyl (C=O) groups excluding carboxylic acids is 1. The van der Waals surface area contributed by atoms with E-state index in [1.807, 2.05) is 13.0 Å². The summed E-state index contributed by atoms with van der Waals surface area (Å²) in [5, 5.41) is 0. The van der Waals surface area contributed by atoms with E-state index in [1.54, 1.807) is 0 Å². The summed E-state index contributed by atoms with van der Waals surface area (Å²) in [6.45, 7) is 2.35. The minimum Gasteiger partial charge on any atom is -0.466 e. The number of hydrogen-bond acceptors (Lipinski definition) is 2. The lowest BCUT2D eigenvalue weighted by atomic mass is 9.87. The maximum absolute atomic E-state index is 11.6. The van der Waals surface area contributed by atoms with Gasteiger partial charge >= 0.3 is 5.97 Å². The van der Waals surface area contributed by atoms with E-state index in [2.05, 4.69) is 24.3 Å². The van der Waals surface area contributed by atoms with Crippen LogP contribution in [-0.2, 0) is 9.53 Å². The van der Waals surface area contributed by atoms with Crippen LogP contribution in [0.4, 0.5) is 0 Å². The molecule has 0 radical (unpaired) electrons. The van der Waals surface area contributed by atoms with E-state index in [9.17, 15) is 4.79 Å². The van der Waals surface area contributed by atoms with Crippen LogP contribution < -0.4 is 0 Å². The van der Waals surface area contributed by atoms with Crippen LogP contribution in [0.15, 0.2) is 30.3 Å².